The highest BCUT2D eigenvalue weighted by molar-refractivity contribution is 7.26. The Morgan fingerprint density at radius 3 is 2.21 bits per heavy atom. The van der Waals surface area contributed by atoms with Crippen LogP contribution in [0.1, 0.15) is 0 Å². The second-order valence-electron chi connectivity index (χ2n) is 8.35. The molecule has 0 aliphatic heterocycles. The van der Waals surface area contributed by atoms with Gasteiger partial charge in [-0.25, -0.2) is 0 Å². The number of rotatable bonds is 2. The zero-order valence-corrected chi connectivity index (χ0v) is 19.2. The van der Waals surface area contributed by atoms with Gasteiger partial charge in [-0.05, 0) is 41.5 Å². The summed E-state index contributed by atoms with van der Waals surface area (Å²) in [5.74, 6) is 0. The zero-order valence-electron chi connectivity index (χ0n) is 17.6. The molecule has 156 valence electrons. The molecule has 0 unspecified atom stereocenters. The molecule has 0 aliphatic carbocycles. The summed E-state index contributed by atoms with van der Waals surface area (Å²) < 4.78 is 4.93. The van der Waals surface area contributed by atoms with Crippen LogP contribution >= 0.6 is 22.9 Å². The van der Waals surface area contributed by atoms with Crippen LogP contribution < -0.4 is 0 Å². The Morgan fingerprint density at radius 1 is 0.545 bits per heavy atom. The SMILES string of the molecule is Clc1ccc2c(c1)sc1c(-n3c4ccccc4c4ccc(-c5ccccc5)cc43)cccc12. The molecule has 0 atom stereocenters. The molecule has 0 aliphatic rings. The predicted octanol–water partition coefficient (Wildman–Crippen LogP) is 9.47. The van der Waals surface area contributed by atoms with E-state index in [2.05, 4.69) is 108 Å². The van der Waals surface area contributed by atoms with Gasteiger partial charge in [-0.2, -0.15) is 0 Å². The Balaban J connectivity index is 1.61. The van der Waals surface area contributed by atoms with Crippen LogP contribution in [0.25, 0.3) is 58.8 Å². The summed E-state index contributed by atoms with van der Waals surface area (Å²) in [5, 5.41) is 5.85. The molecule has 2 aromatic heterocycles. The van der Waals surface area contributed by atoms with Crippen LogP contribution in [-0.2, 0) is 0 Å². The number of hydrogen-bond acceptors (Lipinski definition) is 1. The van der Waals surface area contributed by atoms with Crippen molar-refractivity contribution in [3.8, 4) is 16.8 Å². The minimum absolute atomic E-state index is 0.778. The van der Waals surface area contributed by atoms with E-state index in [1.165, 1.54) is 58.8 Å². The topological polar surface area (TPSA) is 4.93 Å². The normalized spacial score (nSPS) is 11.8. The molecule has 0 saturated heterocycles. The maximum absolute atomic E-state index is 6.32. The van der Waals surface area contributed by atoms with Crippen LogP contribution in [0.3, 0.4) is 0 Å². The summed E-state index contributed by atoms with van der Waals surface area (Å²) in [6, 6.07) is 38.9. The van der Waals surface area contributed by atoms with Crippen molar-refractivity contribution in [3.05, 3.63) is 114 Å². The first-order valence-electron chi connectivity index (χ1n) is 11.0. The third-order valence-corrected chi connectivity index (χ3v) is 7.89. The van der Waals surface area contributed by atoms with Crippen molar-refractivity contribution in [2.45, 2.75) is 0 Å². The van der Waals surface area contributed by atoms with E-state index >= 15 is 0 Å². The van der Waals surface area contributed by atoms with Gasteiger partial charge in [0.25, 0.3) is 0 Å². The average molecular weight is 460 g/mol. The van der Waals surface area contributed by atoms with Crippen LogP contribution in [0.5, 0.6) is 0 Å². The molecule has 0 bridgehead atoms. The van der Waals surface area contributed by atoms with Gasteiger partial charge < -0.3 is 4.57 Å². The van der Waals surface area contributed by atoms with Crippen molar-refractivity contribution in [2.24, 2.45) is 0 Å². The molecule has 0 amide bonds. The Hall–Kier alpha value is -3.59. The average Bonchev–Trinajstić information content (AvgIpc) is 3.39. The van der Waals surface area contributed by atoms with Gasteiger partial charge in [-0.3, -0.25) is 0 Å². The number of thiophene rings is 1. The number of para-hydroxylation sites is 1. The van der Waals surface area contributed by atoms with Gasteiger partial charge in [0.05, 0.1) is 21.4 Å². The standard InChI is InChI=1S/C30H18ClNS/c31-21-14-16-24-25-10-6-12-27(30(25)33-29(24)18-21)32-26-11-5-4-9-22(26)23-15-13-20(17-28(23)32)19-7-2-1-3-8-19/h1-18H. The van der Waals surface area contributed by atoms with Gasteiger partial charge in [0.15, 0.2) is 0 Å². The van der Waals surface area contributed by atoms with Crippen LogP contribution in [0, 0.1) is 0 Å². The van der Waals surface area contributed by atoms with E-state index in [1.807, 2.05) is 17.4 Å². The van der Waals surface area contributed by atoms with E-state index in [9.17, 15) is 0 Å². The lowest BCUT2D eigenvalue weighted by Gasteiger charge is -2.10. The monoisotopic (exact) mass is 459 g/mol. The van der Waals surface area contributed by atoms with Crippen molar-refractivity contribution in [2.75, 3.05) is 0 Å². The number of fused-ring (bicyclic) bond motifs is 6. The van der Waals surface area contributed by atoms with Gasteiger partial charge in [0.1, 0.15) is 0 Å². The van der Waals surface area contributed by atoms with E-state index in [0.29, 0.717) is 0 Å². The highest BCUT2D eigenvalue weighted by Gasteiger charge is 2.17. The lowest BCUT2D eigenvalue weighted by atomic mass is 10.0. The van der Waals surface area contributed by atoms with E-state index in [4.69, 9.17) is 11.6 Å². The Bertz CT molecular complexity index is 1830. The van der Waals surface area contributed by atoms with Crippen LogP contribution in [-0.4, -0.2) is 4.57 Å². The number of nitrogens with zero attached hydrogens (tertiary/aromatic N) is 1. The fraction of sp³-hybridized carbons (Fsp3) is 0. The fourth-order valence-electron chi connectivity index (χ4n) is 4.97. The number of hydrogen-bond donors (Lipinski definition) is 0. The number of halogens is 1. The van der Waals surface area contributed by atoms with E-state index < -0.39 is 0 Å². The quantitative estimate of drug-likeness (QED) is 0.242. The van der Waals surface area contributed by atoms with Gasteiger partial charge >= 0.3 is 0 Å². The molecule has 5 aromatic carbocycles. The lowest BCUT2D eigenvalue weighted by Crippen LogP contribution is -1.94. The molecule has 0 saturated carbocycles. The van der Waals surface area contributed by atoms with Gasteiger partial charge in [0.2, 0.25) is 0 Å². The second-order valence-corrected chi connectivity index (χ2v) is 9.84. The minimum atomic E-state index is 0.778. The molecular formula is C30H18ClNS. The maximum Gasteiger partial charge on any atom is 0.0640 e. The summed E-state index contributed by atoms with van der Waals surface area (Å²) in [6.07, 6.45) is 0. The van der Waals surface area contributed by atoms with E-state index in [1.54, 1.807) is 0 Å². The molecule has 0 N–H and O–H groups in total. The Kier molecular flexibility index (Phi) is 4.14. The zero-order chi connectivity index (χ0) is 21.9. The van der Waals surface area contributed by atoms with Crippen molar-refractivity contribution in [1.82, 2.24) is 4.57 Å². The predicted molar refractivity (Wildman–Crippen MR) is 144 cm³/mol. The summed E-state index contributed by atoms with van der Waals surface area (Å²) in [5.41, 5.74) is 6.11. The molecule has 3 heteroatoms. The van der Waals surface area contributed by atoms with Crippen molar-refractivity contribution in [3.63, 3.8) is 0 Å². The van der Waals surface area contributed by atoms with E-state index in [0.717, 1.165) is 5.02 Å². The molecular weight excluding hydrogens is 442 g/mol. The van der Waals surface area contributed by atoms with Gasteiger partial charge in [-0.15, -0.1) is 11.3 Å². The van der Waals surface area contributed by atoms with Crippen molar-refractivity contribution < 1.29 is 0 Å². The first kappa shape index (κ1) is 18.9. The molecule has 33 heavy (non-hydrogen) atoms. The summed E-state index contributed by atoms with van der Waals surface area (Å²) in [4.78, 5) is 0. The first-order chi connectivity index (χ1) is 16.3. The number of benzene rings is 5. The second kappa shape index (κ2) is 7.21. The summed E-state index contributed by atoms with van der Waals surface area (Å²) in [6.45, 7) is 0. The molecule has 7 aromatic rings. The third kappa shape index (κ3) is 2.85. The molecule has 1 nitrogen and oxygen atoms in total. The van der Waals surface area contributed by atoms with Crippen LogP contribution in [0.15, 0.2) is 109 Å². The largest absolute Gasteiger partial charge is 0.308 e. The molecule has 0 radical (unpaired) electrons. The molecule has 7 rings (SSSR count). The lowest BCUT2D eigenvalue weighted by molar-refractivity contribution is 1.20. The molecule has 2 heterocycles. The highest BCUT2D eigenvalue weighted by atomic mass is 35.5. The van der Waals surface area contributed by atoms with Crippen molar-refractivity contribution in [1.29, 1.82) is 0 Å². The van der Waals surface area contributed by atoms with Gasteiger partial charge in [-0.1, -0.05) is 90.5 Å². The summed E-state index contributed by atoms with van der Waals surface area (Å²) >= 11 is 8.13. The Labute approximate surface area is 200 Å². The highest BCUT2D eigenvalue weighted by Crippen LogP contribution is 2.42. The third-order valence-electron chi connectivity index (χ3n) is 6.46. The first-order valence-corrected chi connectivity index (χ1v) is 12.2. The smallest absolute Gasteiger partial charge is 0.0640 e. The molecule has 0 spiro atoms. The van der Waals surface area contributed by atoms with Gasteiger partial charge in [0, 0.05) is 31.3 Å². The van der Waals surface area contributed by atoms with Crippen LogP contribution in [0.4, 0.5) is 0 Å². The van der Waals surface area contributed by atoms with Crippen LogP contribution in [0.2, 0.25) is 5.02 Å². The molecule has 0 fully saturated rings. The maximum atomic E-state index is 6.32. The minimum Gasteiger partial charge on any atom is -0.308 e. The summed E-state index contributed by atoms with van der Waals surface area (Å²) in [7, 11) is 0. The van der Waals surface area contributed by atoms with Crippen molar-refractivity contribution >= 4 is 64.9 Å². The Morgan fingerprint density at radius 2 is 1.30 bits per heavy atom. The van der Waals surface area contributed by atoms with E-state index in [-0.39, 0.29) is 0 Å². The fourth-order valence-corrected chi connectivity index (χ4v) is 6.46. The number of aromatic nitrogens is 1.